The maximum absolute atomic E-state index is 11.7. The van der Waals surface area contributed by atoms with E-state index in [4.69, 9.17) is 9.63 Å². The number of carbonyl (C=O) groups excluding carboxylic acids is 1. The van der Waals surface area contributed by atoms with Crippen LogP contribution in [0, 0.1) is 0 Å². The minimum atomic E-state index is -0.633. The Balaban J connectivity index is 1.82. The number of fused-ring (bicyclic) bond motifs is 1. The summed E-state index contributed by atoms with van der Waals surface area (Å²) in [5.41, 5.74) is 1.71. The Hall–Kier alpha value is -2.67. The average Bonchev–Trinajstić information content (AvgIpc) is 3.12. The first-order valence-corrected chi connectivity index (χ1v) is 6.51. The molecule has 0 bridgehead atoms. The number of nitrogens with zero attached hydrogens (tertiary/aromatic N) is 2. The van der Waals surface area contributed by atoms with E-state index in [1.54, 1.807) is 6.92 Å². The molecule has 0 saturated carbocycles. The lowest BCUT2D eigenvalue weighted by Gasteiger charge is -2.03. The van der Waals surface area contributed by atoms with Gasteiger partial charge in [0.05, 0.1) is 6.10 Å². The molecule has 0 fully saturated rings. The Bertz CT molecular complexity index is 775. The summed E-state index contributed by atoms with van der Waals surface area (Å²) in [5, 5.41) is 16.5. The third-order valence-electron chi connectivity index (χ3n) is 2.99. The van der Waals surface area contributed by atoms with Crippen LogP contribution < -0.4 is 5.32 Å². The molecule has 1 atom stereocenters. The first-order chi connectivity index (χ1) is 10.1. The summed E-state index contributed by atoms with van der Waals surface area (Å²) in [5.74, 6) is -0.290. The van der Waals surface area contributed by atoms with E-state index < -0.39 is 12.0 Å². The minimum Gasteiger partial charge on any atom is -0.392 e. The molecule has 2 aromatic heterocycles. The van der Waals surface area contributed by atoms with Gasteiger partial charge < -0.3 is 19.9 Å². The molecule has 1 aromatic carbocycles. The van der Waals surface area contributed by atoms with E-state index in [0.29, 0.717) is 5.82 Å². The molecule has 3 aromatic rings. The van der Waals surface area contributed by atoms with Crippen LogP contribution >= 0.6 is 0 Å². The van der Waals surface area contributed by atoms with E-state index in [2.05, 4.69) is 20.4 Å². The highest BCUT2D eigenvalue weighted by molar-refractivity contribution is 5.90. The van der Waals surface area contributed by atoms with Crippen molar-refractivity contribution in [2.24, 2.45) is 0 Å². The fraction of sp³-hybridized carbons (Fsp3) is 0.214. The second-order valence-electron chi connectivity index (χ2n) is 4.76. The standard InChI is InChI=1S/C14H14N4O3/c1-8(19)7-16-13(20)14-17-12(18-21-14)10-3-2-9-4-5-15-11(9)6-10/h2-6,8,15,19H,7H2,1H3,(H,16,20)/t8-/m1/s1. The van der Waals surface area contributed by atoms with Crippen LogP contribution in [-0.2, 0) is 0 Å². The number of nitrogens with one attached hydrogen (secondary N) is 2. The molecule has 3 N–H and O–H groups in total. The van der Waals surface area contributed by atoms with E-state index in [9.17, 15) is 4.79 Å². The fourth-order valence-corrected chi connectivity index (χ4v) is 1.94. The molecular formula is C14H14N4O3. The van der Waals surface area contributed by atoms with Crippen molar-refractivity contribution in [3.63, 3.8) is 0 Å². The van der Waals surface area contributed by atoms with Crippen molar-refractivity contribution in [1.82, 2.24) is 20.4 Å². The normalized spacial score (nSPS) is 12.5. The van der Waals surface area contributed by atoms with Crippen molar-refractivity contribution in [1.29, 1.82) is 0 Å². The van der Waals surface area contributed by atoms with Gasteiger partial charge in [0, 0.05) is 23.8 Å². The highest BCUT2D eigenvalue weighted by Gasteiger charge is 2.16. The van der Waals surface area contributed by atoms with Gasteiger partial charge in [-0.05, 0) is 24.4 Å². The average molecular weight is 286 g/mol. The fourth-order valence-electron chi connectivity index (χ4n) is 1.94. The number of amides is 1. The molecule has 3 rings (SSSR count). The van der Waals surface area contributed by atoms with Gasteiger partial charge in [-0.25, -0.2) is 0 Å². The first kappa shape index (κ1) is 13.3. The van der Waals surface area contributed by atoms with Gasteiger partial charge in [0.15, 0.2) is 0 Å². The number of hydrogen-bond donors (Lipinski definition) is 3. The number of aromatic amines is 1. The summed E-state index contributed by atoms with van der Waals surface area (Å²) in [4.78, 5) is 18.9. The van der Waals surface area contributed by atoms with Crippen molar-refractivity contribution in [3.05, 3.63) is 36.4 Å². The lowest BCUT2D eigenvalue weighted by atomic mass is 10.1. The predicted molar refractivity (Wildman–Crippen MR) is 75.6 cm³/mol. The van der Waals surface area contributed by atoms with E-state index >= 15 is 0 Å². The van der Waals surface area contributed by atoms with E-state index in [-0.39, 0.29) is 12.4 Å². The molecule has 0 aliphatic carbocycles. The monoisotopic (exact) mass is 286 g/mol. The zero-order valence-corrected chi connectivity index (χ0v) is 11.3. The highest BCUT2D eigenvalue weighted by Crippen LogP contribution is 2.21. The minimum absolute atomic E-state index is 0.128. The van der Waals surface area contributed by atoms with Crippen molar-refractivity contribution in [2.45, 2.75) is 13.0 Å². The van der Waals surface area contributed by atoms with Gasteiger partial charge in [0.2, 0.25) is 5.82 Å². The number of carbonyl (C=O) groups is 1. The molecule has 21 heavy (non-hydrogen) atoms. The van der Waals surface area contributed by atoms with Crippen molar-refractivity contribution in [3.8, 4) is 11.4 Å². The van der Waals surface area contributed by atoms with Crippen LogP contribution in [0.1, 0.15) is 17.6 Å². The quantitative estimate of drug-likeness (QED) is 0.671. The Morgan fingerprint density at radius 1 is 1.48 bits per heavy atom. The molecule has 7 nitrogen and oxygen atoms in total. The third kappa shape index (κ3) is 2.77. The maximum atomic E-state index is 11.7. The van der Waals surface area contributed by atoms with Gasteiger partial charge in [0.25, 0.3) is 0 Å². The van der Waals surface area contributed by atoms with Crippen LogP contribution in [0.15, 0.2) is 35.0 Å². The number of aromatic nitrogens is 3. The van der Waals surface area contributed by atoms with Gasteiger partial charge >= 0.3 is 11.8 Å². The van der Waals surface area contributed by atoms with Crippen molar-refractivity contribution < 1.29 is 14.4 Å². The molecule has 0 unspecified atom stereocenters. The van der Waals surface area contributed by atoms with E-state index in [1.165, 1.54) is 0 Å². The first-order valence-electron chi connectivity index (χ1n) is 6.51. The van der Waals surface area contributed by atoms with Gasteiger partial charge in [-0.1, -0.05) is 17.3 Å². The largest absolute Gasteiger partial charge is 0.392 e. The highest BCUT2D eigenvalue weighted by atomic mass is 16.5. The number of rotatable bonds is 4. The second-order valence-corrected chi connectivity index (χ2v) is 4.76. The number of aliphatic hydroxyl groups excluding tert-OH is 1. The van der Waals surface area contributed by atoms with Gasteiger partial charge in [-0.2, -0.15) is 4.98 Å². The Labute approximate surface area is 120 Å². The number of benzene rings is 1. The molecule has 108 valence electrons. The Morgan fingerprint density at radius 2 is 2.33 bits per heavy atom. The summed E-state index contributed by atoms with van der Waals surface area (Å²) in [6.45, 7) is 1.70. The zero-order valence-electron chi connectivity index (χ0n) is 11.3. The maximum Gasteiger partial charge on any atom is 0.316 e. The van der Waals surface area contributed by atoms with Gasteiger partial charge in [-0.15, -0.1) is 0 Å². The summed E-state index contributed by atoms with van der Waals surface area (Å²) in [6.07, 6.45) is 1.21. The van der Waals surface area contributed by atoms with Crippen LogP contribution in [0.3, 0.4) is 0 Å². The summed E-state index contributed by atoms with van der Waals surface area (Å²) in [7, 11) is 0. The Morgan fingerprint density at radius 3 is 3.14 bits per heavy atom. The lowest BCUT2D eigenvalue weighted by Crippen LogP contribution is -2.30. The van der Waals surface area contributed by atoms with Crippen LogP contribution in [-0.4, -0.2) is 38.8 Å². The molecule has 0 radical (unpaired) electrons. The summed E-state index contributed by atoms with van der Waals surface area (Å²) >= 11 is 0. The topological polar surface area (TPSA) is 104 Å². The predicted octanol–water partition coefficient (Wildman–Crippen LogP) is 1.33. The number of H-pyrrole nitrogens is 1. The SMILES string of the molecule is C[C@@H](O)CNC(=O)c1nc(-c2ccc3cc[nH]c3c2)no1. The number of aliphatic hydroxyl groups is 1. The van der Waals surface area contributed by atoms with Crippen LogP contribution in [0.5, 0.6) is 0 Å². The smallest absolute Gasteiger partial charge is 0.316 e. The van der Waals surface area contributed by atoms with E-state index in [1.807, 2.05) is 30.5 Å². The van der Waals surface area contributed by atoms with Crippen LogP contribution in [0.25, 0.3) is 22.3 Å². The molecule has 0 aliphatic rings. The van der Waals surface area contributed by atoms with Crippen molar-refractivity contribution >= 4 is 16.8 Å². The molecular weight excluding hydrogens is 272 g/mol. The summed E-state index contributed by atoms with van der Waals surface area (Å²) in [6, 6.07) is 7.64. The molecule has 1 amide bonds. The Kier molecular flexibility index (Phi) is 3.41. The molecule has 0 spiro atoms. The molecule has 0 saturated heterocycles. The van der Waals surface area contributed by atoms with Crippen LogP contribution in [0.2, 0.25) is 0 Å². The lowest BCUT2D eigenvalue weighted by molar-refractivity contribution is 0.0880. The van der Waals surface area contributed by atoms with Crippen molar-refractivity contribution in [2.75, 3.05) is 6.54 Å². The molecule has 2 heterocycles. The molecule has 7 heteroatoms. The van der Waals surface area contributed by atoms with Crippen LogP contribution in [0.4, 0.5) is 0 Å². The van der Waals surface area contributed by atoms with Gasteiger partial charge in [-0.3, -0.25) is 4.79 Å². The molecule has 0 aliphatic heterocycles. The third-order valence-corrected chi connectivity index (χ3v) is 2.99. The van der Waals surface area contributed by atoms with E-state index in [0.717, 1.165) is 16.5 Å². The summed E-state index contributed by atoms with van der Waals surface area (Å²) < 4.78 is 4.94. The van der Waals surface area contributed by atoms with Gasteiger partial charge in [0.1, 0.15) is 0 Å². The zero-order chi connectivity index (χ0) is 14.8. The second kappa shape index (κ2) is 5.37. The number of hydrogen-bond acceptors (Lipinski definition) is 5.